The maximum absolute atomic E-state index is 5.74. The second-order valence-electron chi connectivity index (χ2n) is 5.45. The molecule has 112 valence electrons. The summed E-state index contributed by atoms with van der Waals surface area (Å²) in [5.41, 5.74) is 6.70. The summed E-state index contributed by atoms with van der Waals surface area (Å²) in [6, 6.07) is 7.97. The molecule has 1 aromatic rings. The lowest BCUT2D eigenvalue weighted by atomic mass is 10.1. The van der Waals surface area contributed by atoms with E-state index in [9.17, 15) is 0 Å². The minimum atomic E-state index is 0.401. The van der Waals surface area contributed by atoms with Gasteiger partial charge in [0.25, 0.3) is 0 Å². The van der Waals surface area contributed by atoms with Crippen LogP contribution in [-0.4, -0.2) is 44.4 Å². The van der Waals surface area contributed by atoms with Crippen molar-refractivity contribution < 1.29 is 9.47 Å². The highest BCUT2D eigenvalue weighted by Gasteiger charge is 2.15. The van der Waals surface area contributed by atoms with Crippen LogP contribution in [-0.2, 0) is 11.3 Å². The smallest absolute Gasteiger partial charge is 0.119 e. The summed E-state index contributed by atoms with van der Waals surface area (Å²) in [6.07, 6.45) is 4.09. The highest BCUT2D eigenvalue weighted by atomic mass is 16.5. The van der Waals surface area contributed by atoms with Crippen molar-refractivity contribution in [1.29, 1.82) is 0 Å². The summed E-state index contributed by atoms with van der Waals surface area (Å²) in [5, 5.41) is 0. The number of benzene rings is 1. The van der Waals surface area contributed by atoms with Gasteiger partial charge < -0.3 is 20.1 Å². The van der Waals surface area contributed by atoms with E-state index in [0.717, 1.165) is 31.0 Å². The van der Waals surface area contributed by atoms with Crippen molar-refractivity contribution in [3.05, 3.63) is 29.8 Å². The third-order valence-electron chi connectivity index (χ3n) is 3.69. The number of likely N-dealkylation sites (N-methyl/N-ethyl adjacent to an activating group) is 1. The molecule has 1 heterocycles. The predicted octanol–water partition coefficient (Wildman–Crippen LogP) is 2.02. The van der Waals surface area contributed by atoms with Crippen molar-refractivity contribution in [2.24, 2.45) is 5.73 Å². The molecule has 4 heteroatoms. The molecular formula is C16H26N2O2. The van der Waals surface area contributed by atoms with Crippen LogP contribution in [0.2, 0.25) is 0 Å². The number of hydrogen-bond donors (Lipinski definition) is 1. The molecule has 2 N–H and O–H groups in total. The van der Waals surface area contributed by atoms with E-state index in [0.29, 0.717) is 19.3 Å². The zero-order valence-electron chi connectivity index (χ0n) is 12.4. The van der Waals surface area contributed by atoms with Gasteiger partial charge in [0, 0.05) is 26.2 Å². The number of ether oxygens (including phenoxy) is 2. The number of rotatable bonds is 7. The second kappa shape index (κ2) is 8.25. The Labute approximate surface area is 121 Å². The van der Waals surface area contributed by atoms with E-state index in [1.165, 1.54) is 19.3 Å². The average Bonchev–Trinajstić information content (AvgIpc) is 2.49. The third-order valence-corrected chi connectivity index (χ3v) is 3.69. The Morgan fingerprint density at radius 1 is 1.30 bits per heavy atom. The molecule has 0 aromatic heterocycles. The van der Waals surface area contributed by atoms with Gasteiger partial charge in [0.05, 0.1) is 6.10 Å². The second-order valence-corrected chi connectivity index (χ2v) is 5.45. The van der Waals surface area contributed by atoms with Crippen LogP contribution in [0.1, 0.15) is 24.8 Å². The summed E-state index contributed by atoms with van der Waals surface area (Å²) in [5.74, 6) is 0.907. The molecule has 1 fully saturated rings. The topological polar surface area (TPSA) is 47.7 Å². The van der Waals surface area contributed by atoms with E-state index < -0.39 is 0 Å². The number of nitrogens with two attached hydrogens (primary N) is 1. The van der Waals surface area contributed by atoms with Gasteiger partial charge in [-0.2, -0.15) is 0 Å². The molecule has 1 aliphatic rings. The fourth-order valence-electron chi connectivity index (χ4n) is 2.43. The maximum atomic E-state index is 5.74. The molecule has 0 spiro atoms. The molecule has 0 aliphatic carbocycles. The van der Waals surface area contributed by atoms with Gasteiger partial charge in [0.1, 0.15) is 12.4 Å². The lowest BCUT2D eigenvalue weighted by molar-refractivity contribution is -0.00282. The van der Waals surface area contributed by atoms with Gasteiger partial charge in [0.15, 0.2) is 0 Å². The molecule has 0 radical (unpaired) electrons. The van der Waals surface area contributed by atoms with Gasteiger partial charge in [-0.25, -0.2) is 0 Å². The largest absolute Gasteiger partial charge is 0.492 e. The molecule has 1 unspecified atom stereocenters. The fourth-order valence-corrected chi connectivity index (χ4v) is 2.43. The van der Waals surface area contributed by atoms with Crippen molar-refractivity contribution in [3.63, 3.8) is 0 Å². The Kier molecular flexibility index (Phi) is 6.30. The van der Waals surface area contributed by atoms with Crippen LogP contribution in [0.25, 0.3) is 0 Å². The van der Waals surface area contributed by atoms with Gasteiger partial charge in [-0.05, 0) is 44.0 Å². The zero-order chi connectivity index (χ0) is 14.2. The van der Waals surface area contributed by atoms with Crippen LogP contribution in [0.3, 0.4) is 0 Å². The molecule has 4 nitrogen and oxygen atoms in total. The molecule has 0 saturated carbocycles. The SMILES string of the molecule is CN(CCOc1ccc(CN)cc1)CC1CCCCO1. The first-order chi connectivity index (χ1) is 9.78. The first kappa shape index (κ1) is 15.3. The van der Waals surface area contributed by atoms with Crippen LogP contribution in [0.5, 0.6) is 5.75 Å². The first-order valence-corrected chi connectivity index (χ1v) is 7.50. The molecule has 1 atom stereocenters. The maximum Gasteiger partial charge on any atom is 0.119 e. The van der Waals surface area contributed by atoms with Gasteiger partial charge >= 0.3 is 0 Å². The van der Waals surface area contributed by atoms with Gasteiger partial charge in [-0.1, -0.05) is 12.1 Å². The number of hydrogen-bond acceptors (Lipinski definition) is 4. The molecular weight excluding hydrogens is 252 g/mol. The van der Waals surface area contributed by atoms with Crippen LogP contribution in [0, 0.1) is 0 Å². The van der Waals surface area contributed by atoms with E-state index in [1.807, 2.05) is 24.3 Å². The molecule has 1 saturated heterocycles. The van der Waals surface area contributed by atoms with Crippen LogP contribution in [0.15, 0.2) is 24.3 Å². The summed E-state index contributed by atoms with van der Waals surface area (Å²) in [7, 11) is 2.12. The normalized spacial score (nSPS) is 19.2. The van der Waals surface area contributed by atoms with Gasteiger partial charge in [-0.15, -0.1) is 0 Å². The molecule has 1 aromatic carbocycles. The fraction of sp³-hybridized carbons (Fsp3) is 0.625. The van der Waals surface area contributed by atoms with Crippen LogP contribution in [0.4, 0.5) is 0 Å². The summed E-state index contributed by atoms with van der Waals surface area (Å²) >= 11 is 0. The predicted molar refractivity (Wildman–Crippen MR) is 80.9 cm³/mol. The quantitative estimate of drug-likeness (QED) is 0.829. The minimum Gasteiger partial charge on any atom is -0.492 e. The summed E-state index contributed by atoms with van der Waals surface area (Å²) < 4.78 is 11.5. The van der Waals surface area contributed by atoms with E-state index >= 15 is 0 Å². The van der Waals surface area contributed by atoms with Crippen LogP contribution >= 0.6 is 0 Å². The van der Waals surface area contributed by atoms with Crippen LogP contribution < -0.4 is 10.5 Å². The summed E-state index contributed by atoms with van der Waals surface area (Å²) in [4.78, 5) is 2.28. The van der Waals surface area contributed by atoms with Crippen molar-refractivity contribution in [2.75, 3.05) is 33.4 Å². The Bertz CT molecular complexity index is 375. The Hall–Kier alpha value is -1.10. The lowest BCUT2D eigenvalue weighted by Gasteiger charge is -2.27. The molecule has 0 amide bonds. The minimum absolute atomic E-state index is 0.401. The van der Waals surface area contributed by atoms with Crippen molar-refractivity contribution in [2.45, 2.75) is 31.9 Å². The zero-order valence-corrected chi connectivity index (χ0v) is 12.4. The summed E-state index contributed by atoms with van der Waals surface area (Å²) in [6.45, 7) is 4.10. The van der Waals surface area contributed by atoms with E-state index in [2.05, 4.69) is 11.9 Å². The lowest BCUT2D eigenvalue weighted by Crippen LogP contribution is -2.35. The van der Waals surface area contributed by atoms with Crippen molar-refractivity contribution in [1.82, 2.24) is 4.90 Å². The van der Waals surface area contributed by atoms with E-state index in [4.69, 9.17) is 15.2 Å². The van der Waals surface area contributed by atoms with Crippen molar-refractivity contribution in [3.8, 4) is 5.75 Å². The Morgan fingerprint density at radius 2 is 2.10 bits per heavy atom. The van der Waals surface area contributed by atoms with E-state index in [-0.39, 0.29) is 0 Å². The Morgan fingerprint density at radius 3 is 2.75 bits per heavy atom. The molecule has 20 heavy (non-hydrogen) atoms. The highest BCUT2D eigenvalue weighted by Crippen LogP contribution is 2.14. The Balaban J connectivity index is 1.63. The monoisotopic (exact) mass is 278 g/mol. The van der Waals surface area contributed by atoms with Gasteiger partial charge in [0.2, 0.25) is 0 Å². The highest BCUT2D eigenvalue weighted by molar-refractivity contribution is 5.27. The van der Waals surface area contributed by atoms with Crippen molar-refractivity contribution >= 4 is 0 Å². The van der Waals surface area contributed by atoms with Gasteiger partial charge in [-0.3, -0.25) is 0 Å². The first-order valence-electron chi connectivity index (χ1n) is 7.50. The average molecular weight is 278 g/mol. The third kappa shape index (κ3) is 5.12. The molecule has 0 bridgehead atoms. The van der Waals surface area contributed by atoms with E-state index in [1.54, 1.807) is 0 Å². The molecule has 1 aliphatic heterocycles. The number of nitrogens with zero attached hydrogens (tertiary/aromatic N) is 1. The molecule has 2 rings (SSSR count). The standard InChI is InChI=1S/C16H26N2O2/c1-18(13-16-4-2-3-10-19-16)9-11-20-15-7-5-14(12-17)6-8-15/h5-8,16H,2-4,9-13,17H2,1H3.